The highest BCUT2D eigenvalue weighted by molar-refractivity contribution is 5.95. The molecule has 138 valence electrons. The number of nitrogens with zero attached hydrogens (tertiary/aromatic N) is 1. The van der Waals surface area contributed by atoms with Gasteiger partial charge in [-0.05, 0) is 43.5 Å². The molecule has 0 atom stereocenters. The van der Waals surface area contributed by atoms with Gasteiger partial charge in [0.1, 0.15) is 6.54 Å². The van der Waals surface area contributed by atoms with Crippen molar-refractivity contribution < 1.29 is 22.8 Å². The maximum atomic E-state index is 12.7. The van der Waals surface area contributed by atoms with Gasteiger partial charge < -0.3 is 15.5 Å². The molecule has 0 unspecified atom stereocenters. The van der Waals surface area contributed by atoms with Gasteiger partial charge in [0.2, 0.25) is 0 Å². The summed E-state index contributed by atoms with van der Waals surface area (Å²) in [5.74, 6) is -0.667. The lowest BCUT2D eigenvalue weighted by Gasteiger charge is -2.24. The largest absolute Gasteiger partial charge is 0.406 e. The number of nitrogens with one attached hydrogen (secondary N) is 2. The average molecular weight is 357 g/mol. The van der Waals surface area contributed by atoms with Crippen LogP contribution < -0.4 is 10.6 Å². The molecule has 0 radical (unpaired) electrons. The van der Waals surface area contributed by atoms with Gasteiger partial charge in [0.05, 0.1) is 0 Å². The Morgan fingerprint density at radius 1 is 1.20 bits per heavy atom. The fourth-order valence-corrected chi connectivity index (χ4v) is 2.28. The van der Waals surface area contributed by atoms with E-state index >= 15 is 0 Å². The number of carbonyl (C=O) groups is 2. The molecular weight excluding hydrogens is 335 g/mol. The number of benzene rings is 1. The predicted octanol–water partition coefficient (Wildman–Crippen LogP) is 3.78. The highest BCUT2D eigenvalue weighted by Gasteiger charge is 2.33. The van der Waals surface area contributed by atoms with Crippen LogP contribution in [0.3, 0.4) is 0 Å². The molecule has 1 fully saturated rings. The number of urea groups is 1. The smallest absolute Gasteiger partial charge is 0.335 e. The highest BCUT2D eigenvalue weighted by atomic mass is 19.4. The second-order valence-corrected chi connectivity index (χ2v) is 6.15. The minimum absolute atomic E-state index is 0.0542. The Balaban J connectivity index is 1.99. The molecule has 0 aromatic heterocycles. The number of carbonyl (C=O) groups excluding carboxylic acids is 2. The lowest BCUT2D eigenvalue weighted by atomic mass is 10.1. The molecule has 1 aliphatic rings. The number of halogens is 3. The topological polar surface area (TPSA) is 61.4 Å². The van der Waals surface area contributed by atoms with Crippen LogP contribution in [0, 0.1) is 0 Å². The van der Waals surface area contributed by atoms with E-state index in [1.165, 1.54) is 24.3 Å². The summed E-state index contributed by atoms with van der Waals surface area (Å²) >= 11 is 0. The Hall–Kier alpha value is -2.25. The first-order valence-electron chi connectivity index (χ1n) is 8.32. The molecule has 8 heteroatoms. The lowest BCUT2D eigenvalue weighted by molar-refractivity contribution is -0.140. The molecule has 5 nitrogen and oxygen atoms in total. The summed E-state index contributed by atoms with van der Waals surface area (Å²) in [6, 6.07) is 5.74. The zero-order valence-corrected chi connectivity index (χ0v) is 14.0. The number of anilines is 1. The normalized spacial score (nSPS) is 14.1. The van der Waals surface area contributed by atoms with E-state index in [2.05, 4.69) is 10.6 Å². The summed E-state index contributed by atoms with van der Waals surface area (Å²) in [6.07, 6.45) is -1.31. The SMILES string of the molecule is CCCCN(CC(F)(F)F)C(=O)c1ccc(NC(=O)NC2CC2)cc1. The first kappa shape index (κ1) is 19.1. The van der Waals surface area contributed by atoms with E-state index in [-0.39, 0.29) is 24.2 Å². The maximum absolute atomic E-state index is 12.7. The summed E-state index contributed by atoms with van der Waals surface area (Å²) in [5.41, 5.74) is 0.638. The molecule has 0 heterocycles. The van der Waals surface area contributed by atoms with Gasteiger partial charge in [-0.15, -0.1) is 0 Å². The molecule has 0 spiro atoms. The van der Waals surface area contributed by atoms with Crippen molar-refractivity contribution in [2.75, 3.05) is 18.4 Å². The van der Waals surface area contributed by atoms with Crippen LogP contribution in [-0.4, -0.2) is 42.1 Å². The molecule has 1 aromatic carbocycles. The molecule has 1 aromatic rings. The van der Waals surface area contributed by atoms with E-state index in [1.54, 1.807) is 0 Å². The van der Waals surface area contributed by atoms with Crippen LogP contribution in [-0.2, 0) is 0 Å². The van der Waals surface area contributed by atoms with Crippen LogP contribution in [0.15, 0.2) is 24.3 Å². The van der Waals surface area contributed by atoms with Gasteiger partial charge in [0, 0.05) is 23.8 Å². The number of hydrogen-bond donors (Lipinski definition) is 2. The quantitative estimate of drug-likeness (QED) is 0.780. The minimum atomic E-state index is -4.44. The van der Waals surface area contributed by atoms with Crippen LogP contribution >= 0.6 is 0 Å². The molecule has 2 N–H and O–H groups in total. The van der Waals surface area contributed by atoms with Crippen LogP contribution in [0.25, 0.3) is 0 Å². The molecular formula is C17H22F3N3O2. The molecule has 25 heavy (non-hydrogen) atoms. The van der Waals surface area contributed by atoms with Crippen molar-refractivity contribution >= 4 is 17.6 Å². The average Bonchev–Trinajstić information content (AvgIpc) is 3.34. The summed E-state index contributed by atoms with van der Waals surface area (Å²) in [7, 11) is 0. The zero-order valence-electron chi connectivity index (χ0n) is 14.0. The Kier molecular flexibility index (Phi) is 6.27. The number of unbranched alkanes of at least 4 members (excludes halogenated alkanes) is 1. The van der Waals surface area contributed by atoms with Crippen molar-refractivity contribution in [2.45, 2.75) is 44.8 Å². The Morgan fingerprint density at radius 2 is 1.84 bits per heavy atom. The summed E-state index contributed by atoms with van der Waals surface area (Å²) in [5, 5.41) is 5.38. The van der Waals surface area contributed by atoms with E-state index < -0.39 is 18.6 Å². The molecule has 2 rings (SSSR count). The molecule has 0 bridgehead atoms. The van der Waals surface area contributed by atoms with Gasteiger partial charge in [-0.3, -0.25) is 4.79 Å². The number of rotatable bonds is 7. The third-order valence-electron chi connectivity index (χ3n) is 3.74. The van der Waals surface area contributed by atoms with Gasteiger partial charge in [-0.2, -0.15) is 13.2 Å². The predicted molar refractivity (Wildman–Crippen MR) is 88.5 cm³/mol. The lowest BCUT2D eigenvalue weighted by Crippen LogP contribution is -2.39. The van der Waals surface area contributed by atoms with Crippen molar-refractivity contribution in [3.8, 4) is 0 Å². The van der Waals surface area contributed by atoms with E-state index in [0.717, 1.165) is 17.7 Å². The Morgan fingerprint density at radius 3 is 2.36 bits per heavy atom. The first-order valence-corrected chi connectivity index (χ1v) is 8.32. The molecule has 1 saturated carbocycles. The molecule has 0 aliphatic heterocycles. The summed E-state index contributed by atoms with van der Waals surface area (Å²) in [6.45, 7) is 0.637. The second kappa shape index (κ2) is 8.22. The van der Waals surface area contributed by atoms with Crippen molar-refractivity contribution in [3.05, 3.63) is 29.8 Å². The molecule has 3 amide bonds. The number of alkyl halides is 3. The maximum Gasteiger partial charge on any atom is 0.406 e. The van der Waals surface area contributed by atoms with Crippen LogP contribution in [0.2, 0.25) is 0 Å². The van der Waals surface area contributed by atoms with Crippen LogP contribution in [0.5, 0.6) is 0 Å². The first-order chi connectivity index (χ1) is 11.8. The summed E-state index contributed by atoms with van der Waals surface area (Å²) < 4.78 is 38.0. The van der Waals surface area contributed by atoms with E-state index in [0.29, 0.717) is 18.5 Å². The standard InChI is InChI=1S/C17H22F3N3O2/c1-2-3-10-23(11-17(18,19)20)15(24)12-4-6-13(7-5-12)21-16(25)22-14-8-9-14/h4-7,14H,2-3,8-11H2,1H3,(H2,21,22,25). The van der Waals surface area contributed by atoms with E-state index in [9.17, 15) is 22.8 Å². The van der Waals surface area contributed by atoms with Gasteiger partial charge >= 0.3 is 12.2 Å². The minimum Gasteiger partial charge on any atom is -0.335 e. The van der Waals surface area contributed by atoms with Gasteiger partial charge in [-0.25, -0.2) is 4.79 Å². The van der Waals surface area contributed by atoms with Gasteiger partial charge in [-0.1, -0.05) is 13.3 Å². The third-order valence-corrected chi connectivity index (χ3v) is 3.74. The number of hydrogen-bond acceptors (Lipinski definition) is 2. The van der Waals surface area contributed by atoms with Crippen LogP contribution in [0.1, 0.15) is 43.0 Å². The van der Waals surface area contributed by atoms with E-state index in [4.69, 9.17) is 0 Å². The second-order valence-electron chi connectivity index (χ2n) is 6.15. The summed E-state index contributed by atoms with van der Waals surface area (Å²) in [4.78, 5) is 24.8. The monoisotopic (exact) mass is 357 g/mol. The van der Waals surface area contributed by atoms with Crippen molar-refractivity contribution in [1.29, 1.82) is 0 Å². The van der Waals surface area contributed by atoms with Gasteiger partial charge in [0.25, 0.3) is 5.91 Å². The molecule has 0 saturated heterocycles. The van der Waals surface area contributed by atoms with Crippen molar-refractivity contribution in [3.63, 3.8) is 0 Å². The van der Waals surface area contributed by atoms with Crippen LogP contribution in [0.4, 0.5) is 23.7 Å². The fourth-order valence-electron chi connectivity index (χ4n) is 2.28. The Bertz CT molecular complexity index is 598. The fraction of sp³-hybridized carbons (Fsp3) is 0.529. The third kappa shape index (κ3) is 6.64. The Labute approximate surface area is 144 Å². The van der Waals surface area contributed by atoms with Gasteiger partial charge in [0.15, 0.2) is 0 Å². The van der Waals surface area contributed by atoms with Crippen molar-refractivity contribution in [1.82, 2.24) is 10.2 Å². The molecule has 1 aliphatic carbocycles. The van der Waals surface area contributed by atoms with E-state index in [1.807, 2.05) is 6.92 Å². The van der Waals surface area contributed by atoms with Crippen molar-refractivity contribution in [2.24, 2.45) is 0 Å². The highest BCUT2D eigenvalue weighted by Crippen LogP contribution is 2.20. The number of amides is 3. The zero-order chi connectivity index (χ0) is 18.4.